The highest BCUT2D eigenvalue weighted by Gasteiger charge is 2.49. The van der Waals surface area contributed by atoms with Crippen molar-refractivity contribution in [3.05, 3.63) is 63.7 Å². The summed E-state index contributed by atoms with van der Waals surface area (Å²) in [6.07, 6.45) is 4.85. The lowest BCUT2D eigenvalue weighted by Gasteiger charge is -2.35. The van der Waals surface area contributed by atoms with Crippen LogP contribution in [0.25, 0.3) is 5.76 Å². The number of halogens is 1. The summed E-state index contributed by atoms with van der Waals surface area (Å²) in [6.45, 7) is 1.85. The van der Waals surface area contributed by atoms with Crippen LogP contribution >= 0.6 is 11.6 Å². The van der Waals surface area contributed by atoms with Gasteiger partial charge in [-0.15, -0.1) is 0 Å². The monoisotopic (exact) mass is 482 g/mol. The van der Waals surface area contributed by atoms with Gasteiger partial charge in [-0.25, -0.2) is 0 Å². The van der Waals surface area contributed by atoms with Gasteiger partial charge >= 0.3 is 0 Å². The number of amides is 1. The number of rotatable bonds is 5. The number of carbonyl (C=O) groups excluding carboxylic acids is 2. The van der Waals surface area contributed by atoms with Gasteiger partial charge in [0.15, 0.2) is 0 Å². The van der Waals surface area contributed by atoms with Crippen LogP contribution in [-0.4, -0.2) is 48.9 Å². The van der Waals surface area contributed by atoms with E-state index >= 15 is 0 Å². The predicted molar refractivity (Wildman–Crippen MR) is 135 cm³/mol. The maximum absolute atomic E-state index is 13.4. The largest absolute Gasteiger partial charge is 0.507 e. The van der Waals surface area contributed by atoms with Crippen LogP contribution in [0.2, 0.25) is 5.02 Å². The lowest BCUT2D eigenvalue weighted by atomic mass is 9.90. The molecule has 180 valence electrons. The first-order valence-electron chi connectivity index (χ1n) is 11.7. The van der Waals surface area contributed by atoms with Gasteiger partial charge in [-0.1, -0.05) is 43.0 Å². The second-order valence-electron chi connectivity index (χ2n) is 9.31. The lowest BCUT2D eigenvalue weighted by Crippen LogP contribution is -2.40. The Labute approximate surface area is 205 Å². The second kappa shape index (κ2) is 9.71. The highest BCUT2D eigenvalue weighted by Crippen LogP contribution is 2.45. The van der Waals surface area contributed by atoms with Crippen molar-refractivity contribution >= 4 is 34.7 Å². The van der Waals surface area contributed by atoms with Crippen LogP contribution in [0.5, 0.6) is 5.75 Å². The Hall–Kier alpha value is -2.99. The molecular weight excluding hydrogens is 452 g/mol. The van der Waals surface area contributed by atoms with Gasteiger partial charge in [0.2, 0.25) is 0 Å². The molecule has 0 aromatic heterocycles. The number of hydrogen-bond donors (Lipinski definition) is 1. The van der Waals surface area contributed by atoms with Crippen molar-refractivity contribution in [2.45, 2.75) is 51.1 Å². The molecule has 1 saturated heterocycles. The number of likely N-dealkylation sites (tertiary alicyclic amines) is 1. The molecule has 0 radical (unpaired) electrons. The van der Waals surface area contributed by atoms with E-state index in [9.17, 15) is 14.7 Å². The number of ether oxygens (including phenoxy) is 1. The van der Waals surface area contributed by atoms with Crippen molar-refractivity contribution < 1.29 is 19.4 Å². The summed E-state index contributed by atoms with van der Waals surface area (Å²) in [5.41, 5.74) is 2.98. The average molecular weight is 483 g/mol. The number of carbonyl (C=O) groups is 2. The zero-order chi connectivity index (χ0) is 24.6. The summed E-state index contributed by atoms with van der Waals surface area (Å²) in [4.78, 5) is 30.5. The van der Waals surface area contributed by atoms with Crippen LogP contribution < -0.4 is 9.64 Å². The molecule has 2 aliphatic rings. The van der Waals surface area contributed by atoms with Gasteiger partial charge in [0.1, 0.15) is 11.5 Å². The molecule has 1 aliphatic carbocycles. The Morgan fingerprint density at radius 2 is 1.74 bits per heavy atom. The van der Waals surface area contributed by atoms with E-state index in [1.54, 1.807) is 17.0 Å². The van der Waals surface area contributed by atoms with Gasteiger partial charge in [-0.05, 0) is 55.2 Å². The number of aryl methyl sites for hydroxylation is 1. The first-order chi connectivity index (χ1) is 16.2. The number of benzene rings is 2. The van der Waals surface area contributed by atoms with Crippen LogP contribution in [-0.2, 0) is 9.59 Å². The van der Waals surface area contributed by atoms with E-state index < -0.39 is 17.7 Å². The average Bonchev–Trinajstić information content (AvgIpc) is 3.09. The van der Waals surface area contributed by atoms with Crippen molar-refractivity contribution in [2.24, 2.45) is 0 Å². The van der Waals surface area contributed by atoms with Gasteiger partial charge in [-0.2, -0.15) is 0 Å². The number of ketones is 1. The van der Waals surface area contributed by atoms with Crippen LogP contribution in [0, 0.1) is 6.92 Å². The molecule has 1 amide bonds. The van der Waals surface area contributed by atoms with Gasteiger partial charge in [-0.3, -0.25) is 9.59 Å². The van der Waals surface area contributed by atoms with Crippen LogP contribution in [0.3, 0.4) is 0 Å². The fraction of sp³-hybridized carbons (Fsp3) is 0.407. The number of aliphatic hydroxyl groups excluding tert-OH is 1. The molecule has 1 saturated carbocycles. The topological polar surface area (TPSA) is 70.1 Å². The van der Waals surface area contributed by atoms with Crippen LogP contribution in [0.1, 0.15) is 54.8 Å². The Morgan fingerprint density at radius 3 is 2.32 bits per heavy atom. The maximum Gasteiger partial charge on any atom is 0.295 e. The summed E-state index contributed by atoms with van der Waals surface area (Å²) >= 11 is 6.38. The van der Waals surface area contributed by atoms with Crippen molar-refractivity contribution in [1.29, 1.82) is 0 Å². The van der Waals surface area contributed by atoms with Gasteiger partial charge in [0, 0.05) is 25.8 Å². The molecule has 1 unspecified atom stereocenters. The quantitative estimate of drug-likeness (QED) is 0.347. The molecule has 2 aromatic carbocycles. The predicted octanol–water partition coefficient (Wildman–Crippen LogP) is 5.48. The Kier molecular flexibility index (Phi) is 6.89. The smallest absolute Gasteiger partial charge is 0.295 e. The van der Waals surface area contributed by atoms with Gasteiger partial charge < -0.3 is 19.6 Å². The molecule has 34 heavy (non-hydrogen) atoms. The van der Waals surface area contributed by atoms with Crippen LogP contribution in [0.4, 0.5) is 5.69 Å². The molecule has 1 N–H and O–H groups in total. The Balaban J connectivity index is 1.92. The van der Waals surface area contributed by atoms with E-state index in [1.807, 2.05) is 50.2 Å². The van der Waals surface area contributed by atoms with Gasteiger partial charge in [0.05, 0.1) is 29.3 Å². The minimum absolute atomic E-state index is 0.0444. The number of methoxy groups -OCH3 is 1. The highest BCUT2D eigenvalue weighted by atomic mass is 35.5. The Bertz CT molecular complexity index is 1130. The van der Waals surface area contributed by atoms with E-state index in [4.69, 9.17) is 16.3 Å². The highest BCUT2D eigenvalue weighted by molar-refractivity contribution is 6.46. The van der Waals surface area contributed by atoms with Crippen molar-refractivity contribution in [3.8, 4) is 5.75 Å². The number of anilines is 1. The third-order valence-electron chi connectivity index (χ3n) is 6.82. The molecule has 7 heteroatoms. The van der Waals surface area contributed by atoms with E-state index in [0.29, 0.717) is 10.6 Å². The fourth-order valence-electron chi connectivity index (χ4n) is 5.13. The molecule has 1 heterocycles. The molecule has 6 nitrogen and oxygen atoms in total. The molecule has 4 rings (SSSR count). The van der Waals surface area contributed by atoms with Crippen LogP contribution in [0.15, 0.2) is 42.0 Å². The fourth-order valence-corrected chi connectivity index (χ4v) is 5.48. The maximum atomic E-state index is 13.4. The Morgan fingerprint density at radius 1 is 1.09 bits per heavy atom. The SMILES string of the molecule is COc1c(Cl)cc(C)cc1/C(O)=C1\C(=O)C(=O)N(C2CCCCC2)C1c1ccc(N(C)C)cc1. The molecule has 2 fully saturated rings. The molecule has 0 spiro atoms. The zero-order valence-electron chi connectivity index (χ0n) is 20.1. The first-order valence-corrected chi connectivity index (χ1v) is 12.0. The molecular formula is C27H31ClN2O4. The number of hydrogen-bond acceptors (Lipinski definition) is 5. The number of aliphatic hydroxyl groups is 1. The van der Waals surface area contributed by atoms with Crippen molar-refractivity contribution in [3.63, 3.8) is 0 Å². The van der Waals surface area contributed by atoms with E-state index in [2.05, 4.69) is 0 Å². The van der Waals surface area contributed by atoms with E-state index in [0.717, 1.165) is 48.9 Å². The standard InChI is InChI=1S/C27H31ClN2O4/c1-16-14-20(26(34-4)21(28)15-16)24(31)22-23(17-10-12-18(13-11-17)29(2)3)30(27(33)25(22)32)19-8-6-5-7-9-19/h10-15,19,23,31H,5-9H2,1-4H3/b24-22+. The molecule has 0 bridgehead atoms. The minimum Gasteiger partial charge on any atom is -0.507 e. The first kappa shape index (κ1) is 24.1. The molecule has 1 aliphatic heterocycles. The molecule has 1 atom stereocenters. The number of Topliss-reactive ketones (excluding diaryl/α,β-unsaturated/α-hetero) is 1. The summed E-state index contributed by atoms with van der Waals surface area (Å²) in [6, 6.07) is 10.5. The zero-order valence-corrected chi connectivity index (χ0v) is 20.9. The van der Waals surface area contributed by atoms with Gasteiger partial charge in [0.25, 0.3) is 11.7 Å². The normalized spacial score (nSPS) is 20.6. The van der Waals surface area contributed by atoms with Crippen molar-refractivity contribution in [1.82, 2.24) is 4.90 Å². The van der Waals surface area contributed by atoms with E-state index in [-0.39, 0.29) is 23.1 Å². The van der Waals surface area contributed by atoms with Crippen molar-refractivity contribution in [2.75, 3.05) is 26.1 Å². The summed E-state index contributed by atoms with van der Waals surface area (Å²) in [5.74, 6) is -1.23. The lowest BCUT2D eigenvalue weighted by molar-refractivity contribution is -0.141. The summed E-state index contributed by atoms with van der Waals surface area (Å²) in [7, 11) is 5.37. The third kappa shape index (κ3) is 4.27. The number of nitrogens with zero attached hydrogens (tertiary/aromatic N) is 2. The molecule has 2 aromatic rings. The third-order valence-corrected chi connectivity index (χ3v) is 7.10. The summed E-state index contributed by atoms with van der Waals surface area (Å²) < 4.78 is 5.46. The second-order valence-corrected chi connectivity index (χ2v) is 9.72. The minimum atomic E-state index is -0.677. The summed E-state index contributed by atoms with van der Waals surface area (Å²) in [5, 5.41) is 11.8. The van der Waals surface area contributed by atoms with E-state index in [1.165, 1.54) is 7.11 Å².